The van der Waals surface area contributed by atoms with Gasteiger partial charge in [-0.2, -0.15) is 0 Å². The Labute approximate surface area is 111 Å². The topological polar surface area (TPSA) is 38.5 Å². The smallest absolute Gasteiger partial charge is 0.0598 e. The van der Waals surface area contributed by atoms with Crippen molar-refractivity contribution in [2.45, 2.75) is 63.1 Å². The molecule has 3 fully saturated rings. The Morgan fingerprint density at radius 1 is 1.33 bits per heavy atom. The number of nitrogens with two attached hydrogens (primary N) is 1. The van der Waals surface area contributed by atoms with Crippen molar-refractivity contribution in [1.82, 2.24) is 4.90 Å². The largest absolute Gasteiger partial charge is 0.381 e. The second kappa shape index (κ2) is 4.77. The number of piperidine rings is 1. The highest BCUT2D eigenvalue weighted by molar-refractivity contribution is 5.12. The van der Waals surface area contributed by atoms with Gasteiger partial charge in [0, 0.05) is 31.8 Å². The van der Waals surface area contributed by atoms with Crippen LogP contribution in [0.1, 0.15) is 45.4 Å². The number of nitrogens with zero attached hydrogens (tertiary/aromatic N) is 1. The molecule has 5 atom stereocenters. The van der Waals surface area contributed by atoms with Crippen LogP contribution in [0.15, 0.2) is 0 Å². The van der Waals surface area contributed by atoms with Crippen LogP contribution in [0.4, 0.5) is 0 Å². The Balaban J connectivity index is 1.76. The Kier molecular flexibility index (Phi) is 3.41. The van der Waals surface area contributed by atoms with E-state index in [4.69, 9.17) is 10.5 Å². The maximum absolute atomic E-state index is 6.24. The number of rotatable bonds is 3. The SMILES string of the molecule is COC1CCN(C2(CN)CCCC3CC32)C(C)C1. The lowest BCUT2D eigenvalue weighted by molar-refractivity contribution is -0.0527. The maximum atomic E-state index is 6.24. The summed E-state index contributed by atoms with van der Waals surface area (Å²) < 4.78 is 5.54. The van der Waals surface area contributed by atoms with Crippen LogP contribution in [0.5, 0.6) is 0 Å². The summed E-state index contributed by atoms with van der Waals surface area (Å²) in [7, 11) is 1.85. The Morgan fingerprint density at radius 2 is 2.17 bits per heavy atom. The maximum Gasteiger partial charge on any atom is 0.0598 e. The van der Waals surface area contributed by atoms with Gasteiger partial charge in [-0.15, -0.1) is 0 Å². The molecule has 104 valence electrons. The summed E-state index contributed by atoms with van der Waals surface area (Å²) in [5.74, 6) is 1.90. The molecule has 0 radical (unpaired) electrons. The zero-order valence-corrected chi connectivity index (χ0v) is 11.9. The molecule has 2 aliphatic carbocycles. The van der Waals surface area contributed by atoms with Gasteiger partial charge in [0.2, 0.25) is 0 Å². The summed E-state index contributed by atoms with van der Waals surface area (Å²) in [5.41, 5.74) is 6.58. The van der Waals surface area contributed by atoms with E-state index in [1.807, 2.05) is 7.11 Å². The minimum absolute atomic E-state index is 0.334. The molecule has 3 heteroatoms. The highest BCUT2D eigenvalue weighted by Crippen LogP contribution is 2.57. The lowest BCUT2D eigenvalue weighted by Gasteiger charge is -2.52. The summed E-state index contributed by atoms with van der Waals surface area (Å²) in [5, 5.41) is 0. The second-order valence-corrected chi connectivity index (χ2v) is 6.73. The summed E-state index contributed by atoms with van der Waals surface area (Å²) in [4.78, 5) is 2.76. The van der Waals surface area contributed by atoms with Crippen molar-refractivity contribution in [1.29, 1.82) is 0 Å². The summed E-state index contributed by atoms with van der Waals surface area (Å²) in [6.07, 6.45) is 8.42. The first-order chi connectivity index (χ1) is 8.71. The second-order valence-electron chi connectivity index (χ2n) is 6.73. The van der Waals surface area contributed by atoms with E-state index in [-0.39, 0.29) is 0 Å². The van der Waals surface area contributed by atoms with E-state index in [2.05, 4.69) is 11.8 Å². The molecule has 5 unspecified atom stereocenters. The zero-order valence-electron chi connectivity index (χ0n) is 11.9. The third kappa shape index (κ3) is 1.91. The first-order valence-corrected chi connectivity index (χ1v) is 7.71. The lowest BCUT2D eigenvalue weighted by atomic mass is 9.77. The molecule has 18 heavy (non-hydrogen) atoms. The van der Waals surface area contributed by atoms with Crippen LogP contribution in [0.3, 0.4) is 0 Å². The predicted octanol–water partition coefficient (Wildman–Crippen LogP) is 2.00. The van der Waals surface area contributed by atoms with E-state index in [1.54, 1.807) is 0 Å². The van der Waals surface area contributed by atoms with Gasteiger partial charge in [-0.3, -0.25) is 4.90 Å². The fourth-order valence-corrected chi connectivity index (χ4v) is 4.81. The van der Waals surface area contributed by atoms with Crippen LogP contribution in [0.25, 0.3) is 0 Å². The van der Waals surface area contributed by atoms with Gasteiger partial charge in [0.1, 0.15) is 0 Å². The molecule has 1 aliphatic heterocycles. The van der Waals surface area contributed by atoms with Crippen LogP contribution in [0, 0.1) is 11.8 Å². The molecule has 0 aromatic carbocycles. The van der Waals surface area contributed by atoms with Crippen molar-refractivity contribution in [3.05, 3.63) is 0 Å². The van der Waals surface area contributed by atoms with E-state index in [0.717, 1.165) is 18.4 Å². The Morgan fingerprint density at radius 3 is 2.83 bits per heavy atom. The van der Waals surface area contributed by atoms with Crippen molar-refractivity contribution < 1.29 is 4.74 Å². The van der Waals surface area contributed by atoms with Crippen molar-refractivity contribution in [2.24, 2.45) is 17.6 Å². The van der Waals surface area contributed by atoms with Crippen molar-refractivity contribution in [3.63, 3.8) is 0 Å². The lowest BCUT2D eigenvalue weighted by Crippen LogP contribution is -2.62. The van der Waals surface area contributed by atoms with Crippen molar-refractivity contribution in [2.75, 3.05) is 20.2 Å². The number of hydrogen-bond acceptors (Lipinski definition) is 3. The number of methoxy groups -OCH3 is 1. The summed E-state index contributed by atoms with van der Waals surface area (Å²) in [6, 6.07) is 0.631. The molecular weight excluding hydrogens is 224 g/mol. The zero-order chi connectivity index (χ0) is 12.8. The van der Waals surface area contributed by atoms with Gasteiger partial charge in [0.05, 0.1) is 6.10 Å². The Bertz CT molecular complexity index is 309. The van der Waals surface area contributed by atoms with E-state index in [0.29, 0.717) is 17.7 Å². The molecule has 2 N–H and O–H groups in total. The standard InChI is InChI=1S/C15H28N2O/c1-11-8-13(18-2)5-7-17(11)15(10-16)6-3-4-12-9-14(12)15/h11-14H,3-10,16H2,1-2H3. The quantitative estimate of drug-likeness (QED) is 0.835. The Hall–Kier alpha value is -0.120. The highest BCUT2D eigenvalue weighted by Gasteiger charge is 2.57. The molecule has 0 aromatic rings. The van der Waals surface area contributed by atoms with Crippen molar-refractivity contribution >= 4 is 0 Å². The van der Waals surface area contributed by atoms with Gasteiger partial charge in [0.25, 0.3) is 0 Å². The average molecular weight is 252 g/mol. The minimum Gasteiger partial charge on any atom is -0.381 e. The van der Waals surface area contributed by atoms with Gasteiger partial charge in [-0.1, -0.05) is 12.8 Å². The molecule has 0 amide bonds. The van der Waals surface area contributed by atoms with Crippen LogP contribution in [0.2, 0.25) is 0 Å². The van der Waals surface area contributed by atoms with Crippen LogP contribution in [-0.2, 0) is 4.74 Å². The molecule has 1 saturated heterocycles. The van der Waals surface area contributed by atoms with Crippen molar-refractivity contribution in [3.8, 4) is 0 Å². The van der Waals surface area contributed by atoms with Gasteiger partial charge >= 0.3 is 0 Å². The number of likely N-dealkylation sites (tertiary alicyclic amines) is 1. The first kappa shape index (κ1) is 12.9. The first-order valence-electron chi connectivity index (χ1n) is 7.71. The van der Waals surface area contributed by atoms with E-state index >= 15 is 0 Å². The van der Waals surface area contributed by atoms with E-state index in [9.17, 15) is 0 Å². The molecule has 3 aliphatic rings. The minimum atomic E-state index is 0.334. The average Bonchev–Trinajstić information content (AvgIpc) is 3.18. The molecule has 0 spiro atoms. The number of ether oxygens (including phenoxy) is 1. The molecule has 0 aromatic heterocycles. The fraction of sp³-hybridized carbons (Fsp3) is 1.00. The van der Waals surface area contributed by atoms with Gasteiger partial charge in [-0.05, 0) is 44.4 Å². The van der Waals surface area contributed by atoms with Crippen LogP contribution in [-0.4, -0.2) is 42.8 Å². The van der Waals surface area contributed by atoms with Crippen LogP contribution >= 0.6 is 0 Å². The number of hydrogen-bond donors (Lipinski definition) is 1. The molecule has 0 bridgehead atoms. The van der Waals surface area contributed by atoms with Gasteiger partial charge in [0.15, 0.2) is 0 Å². The number of fused-ring (bicyclic) bond motifs is 1. The highest BCUT2D eigenvalue weighted by atomic mass is 16.5. The predicted molar refractivity (Wildman–Crippen MR) is 73.4 cm³/mol. The third-order valence-electron chi connectivity index (χ3n) is 5.88. The molecule has 3 rings (SSSR count). The van der Waals surface area contributed by atoms with Gasteiger partial charge < -0.3 is 10.5 Å². The molecular formula is C15H28N2O. The summed E-state index contributed by atoms with van der Waals surface area (Å²) in [6.45, 7) is 4.41. The third-order valence-corrected chi connectivity index (χ3v) is 5.88. The monoisotopic (exact) mass is 252 g/mol. The molecule has 3 nitrogen and oxygen atoms in total. The normalized spacial score (nSPS) is 48.8. The molecule has 2 saturated carbocycles. The van der Waals surface area contributed by atoms with Gasteiger partial charge in [-0.25, -0.2) is 0 Å². The molecule has 1 heterocycles. The fourth-order valence-electron chi connectivity index (χ4n) is 4.81. The summed E-state index contributed by atoms with van der Waals surface area (Å²) >= 11 is 0. The van der Waals surface area contributed by atoms with Crippen LogP contribution < -0.4 is 5.73 Å². The van der Waals surface area contributed by atoms with E-state index < -0.39 is 0 Å². The van der Waals surface area contributed by atoms with E-state index in [1.165, 1.54) is 45.1 Å².